The Balaban J connectivity index is 2.11. The topological polar surface area (TPSA) is 127 Å². The second-order valence-corrected chi connectivity index (χ2v) is 9.46. The predicted molar refractivity (Wildman–Crippen MR) is 138 cm³/mol. The summed E-state index contributed by atoms with van der Waals surface area (Å²) in [5.74, 6) is -3.47. The van der Waals surface area contributed by atoms with Crippen LogP contribution in [-0.4, -0.2) is 40.3 Å². The van der Waals surface area contributed by atoms with Crippen molar-refractivity contribution < 1.29 is 23.9 Å². The minimum absolute atomic E-state index is 0.00523. The molecule has 10 heteroatoms. The SMILES string of the molecule is CN(C(=O)C(N)=O)c1c(C(=O)C(C)(C)O)oc2nc(-c3ccccc3Cl)c(-c3ccc(Cl)cc3)cc12. The van der Waals surface area contributed by atoms with Crippen LogP contribution >= 0.6 is 23.2 Å². The zero-order chi connectivity index (χ0) is 26.4. The molecule has 0 aliphatic heterocycles. The van der Waals surface area contributed by atoms with Gasteiger partial charge in [-0.1, -0.05) is 53.5 Å². The van der Waals surface area contributed by atoms with Crippen molar-refractivity contribution in [3.05, 3.63) is 70.4 Å². The van der Waals surface area contributed by atoms with Gasteiger partial charge in [-0.15, -0.1) is 0 Å². The van der Waals surface area contributed by atoms with E-state index in [4.69, 9.17) is 33.4 Å². The van der Waals surface area contributed by atoms with Gasteiger partial charge >= 0.3 is 11.8 Å². The number of anilines is 1. The smallest absolute Gasteiger partial charge is 0.315 e. The number of fused-ring (bicyclic) bond motifs is 1. The van der Waals surface area contributed by atoms with Crippen molar-refractivity contribution in [3.8, 4) is 22.4 Å². The van der Waals surface area contributed by atoms with Gasteiger partial charge in [0.2, 0.25) is 11.5 Å². The molecule has 0 saturated carbocycles. The number of pyridine rings is 1. The van der Waals surface area contributed by atoms with E-state index in [-0.39, 0.29) is 22.5 Å². The van der Waals surface area contributed by atoms with E-state index in [2.05, 4.69) is 4.98 Å². The van der Waals surface area contributed by atoms with Crippen LogP contribution in [0.4, 0.5) is 5.69 Å². The molecule has 2 heterocycles. The van der Waals surface area contributed by atoms with Crippen LogP contribution in [0.2, 0.25) is 10.0 Å². The maximum atomic E-state index is 13.1. The molecule has 0 radical (unpaired) electrons. The summed E-state index contributed by atoms with van der Waals surface area (Å²) in [5, 5.41) is 11.6. The Bertz CT molecular complexity index is 1520. The van der Waals surface area contributed by atoms with Gasteiger partial charge < -0.3 is 20.2 Å². The summed E-state index contributed by atoms with van der Waals surface area (Å²) in [6.07, 6.45) is 0. The number of hydrogen-bond donors (Lipinski definition) is 2. The molecule has 184 valence electrons. The highest BCUT2D eigenvalue weighted by atomic mass is 35.5. The van der Waals surface area contributed by atoms with Gasteiger partial charge in [0.05, 0.1) is 11.1 Å². The number of primary amides is 1. The minimum Gasteiger partial charge on any atom is -0.432 e. The summed E-state index contributed by atoms with van der Waals surface area (Å²) in [4.78, 5) is 42.9. The fraction of sp³-hybridized carbons (Fsp3) is 0.154. The number of hydrogen-bond acceptors (Lipinski definition) is 6. The van der Waals surface area contributed by atoms with Crippen molar-refractivity contribution in [1.82, 2.24) is 4.98 Å². The Morgan fingerprint density at radius 3 is 2.25 bits per heavy atom. The highest BCUT2D eigenvalue weighted by Crippen LogP contribution is 2.42. The standard InChI is InChI=1S/C26H21Cl2N3O5/c1-26(2,35)22(32)21-20(31(3)25(34)23(29)33)17-12-16(13-8-10-14(27)11-9-13)19(30-24(17)36-21)15-6-4-5-7-18(15)28/h4-12,35H,1-3H3,(H2,29,33). The number of benzene rings is 2. The number of nitrogens with two attached hydrogens (primary N) is 1. The molecule has 36 heavy (non-hydrogen) atoms. The number of aliphatic hydroxyl groups is 1. The Morgan fingerprint density at radius 1 is 1.03 bits per heavy atom. The fourth-order valence-corrected chi connectivity index (χ4v) is 4.10. The zero-order valence-electron chi connectivity index (χ0n) is 19.5. The zero-order valence-corrected chi connectivity index (χ0v) is 21.0. The van der Waals surface area contributed by atoms with Gasteiger partial charge in [-0.05, 0) is 43.7 Å². The lowest BCUT2D eigenvalue weighted by atomic mass is 9.97. The van der Waals surface area contributed by atoms with Crippen molar-refractivity contribution in [1.29, 1.82) is 0 Å². The molecule has 2 amide bonds. The van der Waals surface area contributed by atoms with Crippen LogP contribution in [0.3, 0.4) is 0 Å². The van der Waals surface area contributed by atoms with Crippen LogP contribution in [0, 0.1) is 0 Å². The van der Waals surface area contributed by atoms with Crippen LogP contribution in [0.1, 0.15) is 24.4 Å². The molecule has 0 bridgehead atoms. The monoisotopic (exact) mass is 525 g/mol. The number of carbonyl (C=O) groups is 3. The number of aromatic nitrogens is 1. The minimum atomic E-state index is -1.84. The van der Waals surface area contributed by atoms with Crippen molar-refractivity contribution >= 4 is 57.6 Å². The van der Waals surface area contributed by atoms with Crippen molar-refractivity contribution in [2.24, 2.45) is 5.73 Å². The average Bonchev–Trinajstić information content (AvgIpc) is 3.20. The number of halogens is 2. The van der Waals surface area contributed by atoms with Gasteiger partial charge in [0.1, 0.15) is 11.3 Å². The van der Waals surface area contributed by atoms with Gasteiger partial charge in [0.25, 0.3) is 0 Å². The van der Waals surface area contributed by atoms with Gasteiger partial charge in [-0.25, -0.2) is 4.98 Å². The third kappa shape index (κ3) is 4.58. The van der Waals surface area contributed by atoms with Crippen molar-refractivity contribution in [2.45, 2.75) is 19.4 Å². The van der Waals surface area contributed by atoms with E-state index in [9.17, 15) is 19.5 Å². The lowest BCUT2D eigenvalue weighted by Crippen LogP contribution is -2.39. The predicted octanol–water partition coefficient (Wildman–Crippen LogP) is 4.87. The summed E-state index contributed by atoms with van der Waals surface area (Å²) in [5.41, 5.74) is 5.67. The molecule has 3 N–H and O–H groups in total. The third-order valence-electron chi connectivity index (χ3n) is 5.55. The van der Waals surface area contributed by atoms with E-state index in [0.717, 1.165) is 10.5 Å². The maximum absolute atomic E-state index is 13.1. The molecule has 0 aliphatic rings. The highest BCUT2D eigenvalue weighted by molar-refractivity contribution is 6.41. The molecule has 8 nitrogen and oxygen atoms in total. The summed E-state index contributed by atoms with van der Waals surface area (Å²) in [7, 11) is 1.28. The van der Waals surface area contributed by atoms with Crippen LogP contribution in [0.25, 0.3) is 33.5 Å². The third-order valence-corrected chi connectivity index (χ3v) is 6.13. The normalized spacial score (nSPS) is 11.5. The maximum Gasteiger partial charge on any atom is 0.315 e. The summed E-state index contributed by atoms with van der Waals surface area (Å²) < 4.78 is 5.82. The molecule has 0 spiro atoms. The van der Waals surface area contributed by atoms with Crippen LogP contribution in [-0.2, 0) is 9.59 Å². The van der Waals surface area contributed by atoms with Crippen molar-refractivity contribution in [2.75, 3.05) is 11.9 Å². The van der Waals surface area contributed by atoms with E-state index in [1.807, 2.05) is 0 Å². The number of furan rings is 1. The number of Topliss-reactive ketones (excluding diaryl/α,β-unsaturated/α-hetero) is 1. The molecule has 4 rings (SSSR count). The number of nitrogens with zero attached hydrogens (tertiary/aromatic N) is 2. The lowest BCUT2D eigenvalue weighted by molar-refractivity contribution is -0.135. The molecular weight excluding hydrogens is 505 g/mol. The molecule has 0 fully saturated rings. The van der Waals surface area contributed by atoms with Gasteiger partial charge in [-0.3, -0.25) is 14.4 Å². The fourth-order valence-electron chi connectivity index (χ4n) is 3.75. The first-order valence-corrected chi connectivity index (χ1v) is 11.5. The number of amides is 2. The quantitative estimate of drug-likeness (QED) is 0.282. The summed E-state index contributed by atoms with van der Waals surface area (Å²) in [6, 6.07) is 15.7. The van der Waals surface area contributed by atoms with E-state index in [1.165, 1.54) is 20.9 Å². The first-order chi connectivity index (χ1) is 16.9. The molecule has 0 unspecified atom stereocenters. The summed E-state index contributed by atoms with van der Waals surface area (Å²) >= 11 is 12.6. The van der Waals surface area contributed by atoms with E-state index in [1.54, 1.807) is 54.6 Å². The average molecular weight is 526 g/mol. The number of ketones is 1. The van der Waals surface area contributed by atoms with E-state index >= 15 is 0 Å². The number of rotatable bonds is 5. The van der Waals surface area contributed by atoms with Crippen LogP contribution < -0.4 is 10.6 Å². The first kappa shape index (κ1) is 25.4. The van der Waals surface area contributed by atoms with Gasteiger partial charge in [-0.2, -0.15) is 0 Å². The Labute approximate surface area is 216 Å². The number of carbonyl (C=O) groups excluding carboxylic acids is 3. The van der Waals surface area contributed by atoms with Gasteiger partial charge in [0, 0.05) is 28.2 Å². The second-order valence-electron chi connectivity index (χ2n) is 8.62. The van der Waals surface area contributed by atoms with Crippen LogP contribution in [0.15, 0.2) is 59.0 Å². The first-order valence-electron chi connectivity index (χ1n) is 10.7. The summed E-state index contributed by atoms with van der Waals surface area (Å²) in [6.45, 7) is 2.56. The molecule has 4 aromatic rings. The molecule has 0 aliphatic carbocycles. The molecule has 2 aromatic heterocycles. The van der Waals surface area contributed by atoms with Crippen molar-refractivity contribution in [3.63, 3.8) is 0 Å². The van der Waals surface area contributed by atoms with Crippen LogP contribution in [0.5, 0.6) is 0 Å². The Morgan fingerprint density at radius 2 is 1.67 bits per heavy atom. The Hall–Kier alpha value is -3.72. The second kappa shape index (κ2) is 9.39. The van der Waals surface area contributed by atoms with E-state index < -0.39 is 23.2 Å². The number of likely N-dealkylation sites (N-methyl/N-ethyl adjacent to an activating group) is 1. The molecule has 0 atom stereocenters. The highest BCUT2D eigenvalue weighted by Gasteiger charge is 2.36. The van der Waals surface area contributed by atoms with E-state index in [0.29, 0.717) is 26.9 Å². The molecule has 2 aromatic carbocycles. The molecule has 0 saturated heterocycles. The molecular formula is C26H21Cl2N3O5. The Kier molecular flexibility index (Phi) is 6.62. The van der Waals surface area contributed by atoms with Gasteiger partial charge in [0.15, 0.2) is 5.76 Å². The largest absolute Gasteiger partial charge is 0.432 e. The lowest BCUT2D eigenvalue weighted by Gasteiger charge is -2.19.